The zero-order valence-corrected chi connectivity index (χ0v) is 15.9. The summed E-state index contributed by atoms with van der Waals surface area (Å²) in [6, 6.07) is 7.72. The Morgan fingerprint density at radius 2 is 2.15 bits per heavy atom. The van der Waals surface area contributed by atoms with Gasteiger partial charge in [-0.3, -0.25) is 9.20 Å². The molecular formula is C18H16N4O2S2. The third-order valence-corrected chi connectivity index (χ3v) is 5.62. The third-order valence-electron chi connectivity index (χ3n) is 4.01. The van der Waals surface area contributed by atoms with Crippen molar-refractivity contribution in [1.82, 2.24) is 19.3 Å². The molecule has 0 saturated heterocycles. The van der Waals surface area contributed by atoms with Crippen LogP contribution in [0, 0.1) is 0 Å². The highest BCUT2D eigenvalue weighted by atomic mass is 32.1. The van der Waals surface area contributed by atoms with E-state index in [0.29, 0.717) is 12.2 Å². The van der Waals surface area contributed by atoms with Gasteiger partial charge in [0.15, 0.2) is 4.96 Å². The number of carbonyl (C=O) groups excluding carboxylic acids is 1. The van der Waals surface area contributed by atoms with Crippen molar-refractivity contribution in [2.75, 3.05) is 14.2 Å². The molecule has 0 radical (unpaired) electrons. The van der Waals surface area contributed by atoms with Gasteiger partial charge in [0.05, 0.1) is 19.3 Å². The van der Waals surface area contributed by atoms with Crippen molar-refractivity contribution in [3.8, 4) is 17.0 Å². The van der Waals surface area contributed by atoms with E-state index in [1.165, 1.54) is 22.7 Å². The molecule has 0 saturated carbocycles. The van der Waals surface area contributed by atoms with Crippen molar-refractivity contribution in [2.45, 2.75) is 6.54 Å². The van der Waals surface area contributed by atoms with Crippen LogP contribution in [-0.4, -0.2) is 39.3 Å². The molecule has 132 valence electrons. The Morgan fingerprint density at radius 1 is 1.31 bits per heavy atom. The van der Waals surface area contributed by atoms with Crippen molar-refractivity contribution < 1.29 is 9.53 Å². The number of amides is 1. The van der Waals surface area contributed by atoms with Crippen LogP contribution < -0.4 is 4.74 Å². The number of hydrogen-bond acceptors (Lipinski definition) is 6. The van der Waals surface area contributed by atoms with Crippen LogP contribution in [0.2, 0.25) is 0 Å². The lowest BCUT2D eigenvalue weighted by molar-refractivity contribution is 0.0778. The van der Waals surface area contributed by atoms with E-state index in [4.69, 9.17) is 4.74 Å². The Balaban J connectivity index is 1.67. The maximum absolute atomic E-state index is 12.9. The van der Waals surface area contributed by atoms with Gasteiger partial charge in [-0.05, 0) is 12.1 Å². The first-order valence-electron chi connectivity index (χ1n) is 7.91. The molecule has 0 unspecified atom stereocenters. The molecule has 1 aromatic carbocycles. The fourth-order valence-electron chi connectivity index (χ4n) is 2.73. The number of thiazole rings is 2. The Bertz CT molecular complexity index is 1050. The number of carbonyl (C=O) groups is 1. The predicted molar refractivity (Wildman–Crippen MR) is 103 cm³/mol. The van der Waals surface area contributed by atoms with Gasteiger partial charge in [-0.1, -0.05) is 12.1 Å². The number of ether oxygens (including phenoxy) is 1. The maximum Gasteiger partial charge on any atom is 0.271 e. The molecule has 1 amide bonds. The van der Waals surface area contributed by atoms with Crippen LogP contribution in [0.1, 0.15) is 15.5 Å². The van der Waals surface area contributed by atoms with Gasteiger partial charge in [0, 0.05) is 35.8 Å². The quantitative estimate of drug-likeness (QED) is 0.525. The summed E-state index contributed by atoms with van der Waals surface area (Å²) in [7, 11) is 3.42. The molecule has 0 bridgehead atoms. The van der Waals surface area contributed by atoms with E-state index >= 15 is 0 Å². The van der Waals surface area contributed by atoms with E-state index in [9.17, 15) is 4.79 Å². The Hall–Kier alpha value is -2.71. The monoisotopic (exact) mass is 384 g/mol. The summed E-state index contributed by atoms with van der Waals surface area (Å²) in [5, 5.41) is 4.66. The zero-order valence-electron chi connectivity index (χ0n) is 14.2. The van der Waals surface area contributed by atoms with Crippen LogP contribution in [0.25, 0.3) is 16.2 Å². The molecule has 0 spiro atoms. The van der Waals surface area contributed by atoms with Gasteiger partial charge in [0.1, 0.15) is 16.5 Å². The Labute approximate surface area is 158 Å². The van der Waals surface area contributed by atoms with E-state index in [1.807, 2.05) is 45.6 Å². The lowest BCUT2D eigenvalue weighted by Crippen LogP contribution is -2.27. The molecule has 8 heteroatoms. The summed E-state index contributed by atoms with van der Waals surface area (Å²) >= 11 is 2.99. The fourth-order valence-corrected chi connectivity index (χ4v) is 4.24. The molecule has 0 aliphatic rings. The van der Waals surface area contributed by atoms with Gasteiger partial charge in [0.25, 0.3) is 5.91 Å². The van der Waals surface area contributed by atoms with Crippen molar-refractivity contribution in [3.05, 3.63) is 58.1 Å². The van der Waals surface area contributed by atoms with Crippen LogP contribution >= 0.6 is 22.7 Å². The lowest BCUT2D eigenvalue weighted by Gasteiger charge is -2.14. The van der Waals surface area contributed by atoms with Crippen molar-refractivity contribution in [2.24, 2.45) is 0 Å². The molecule has 6 nitrogen and oxygen atoms in total. The smallest absolute Gasteiger partial charge is 0.271 e. The van der Waals surface area contributed by atoms with E-state index in [1.54, 1.807) is 25.3 Å². The van der Waals surface area contributed by atoms with Crippen molar-refractivity contribution in [1.29, 1.82) is 0 Å². The molecule has 4 aromatic rings. The van der Waals surface area contributed by atoms with Crippen LogP contribution in [0.5, 0.6) is 5.75 Å². The van der Waals surface area contributed by atoms with Gasteiger partial charge in [0.2, 0.25) is 0 Å². The van der Waals surface area contributed by atoms with Crippen LogP contribution in [0.4, 0.5) is 0 Å². The minimum atomic E-state index is -0.0598. The molecule has 0 aliphatic heterocycles. The normalized spacial score (nSPS) is 11.0. The topological polar surface area (TPSA) is 59.7 Å². The number of imidazole rings is 1. The molecule has 0 fully saturated rings. The van der Waals surface area contributed by atoms with E-state index in [-0.39, 0.29) is 5.91 Å². The molecule has 3 heterocycles. The maximum atomic E-state index is 12.9. The van der Waals surface area contributed by atoms with Crippen molar-refractivity contribution >= 4 is 33.5 Å². The average molecular weight is 384 g/mol. The molecule has 3 aromatic heterocycles. The van der Waals surface area contributed by atoms with Gasteiger partial charge in [-0.15, -0.1) is 22.7 Å². The number of aromatic nitrogens is 3. The minimum absolute atomic E-state index is 0.0598. The second-order valence-electron chi connectivity index (χ2n) is 5.69. The number of para-hydroxylation sites is 1. The highest BCUT2D eigenvalue weighted by Gasteiger charge is 2.20. The van der Waals surface area contributed by atoms with E-state index < -0.39 is 0 Å². The SMILES string of the molecule is COc1ccccc1-c1cn2c(C(=O)N(C)Cc3nccs3)csc2n1. The second-order valence-corrected chi connectivity index (χ2v) is 7.50. The lowest BCUT2D eigenvalue weighted by atomic mass is 10.1. The van der Waals surface area contributed by atoms with Crippen LogP contribution in [0.3, 0.4) is 0 Å². The number of rotatable bonds is 5. The standard InChI is InChI=1S/C18H16N4O2S2/c1-21(10-16-19-7-8-25-16)17(23)14-11-26-18-20-13(9-22(14)18)12-5-3-4-6-15(12)24-2/h3-9,11H,10H2,1-2H3. The first-order valence-corrected chi connectivity index (χ1v) is 9.67. The van der Waals surface area contributed by atoms with Crippen molar-refractivity contribution in [3.63, 3.8) is 0 Å². The second kappa shape index (κ2) is 6.89. The molecule has 0 atom stereocenters. The molecule has 0 aliphatic carbocycles. The first-order chi connectivity index (χ1) is 12.7. The predicted octanol–water partition coefficient (Wildman–Crippen LogP) is 3.80. The summed E-state index contributed by atoms with van der Waals surface area (Å²) in [5.41, 5.74) is 2.28. The highest BCUT2D eigenvalue weighted by molar-refractivity contribution is 7.15. The van der Waals surface area contributed by atoms with Gasteiger partial charge < -0.3 is 9.64 Å². The van der Waals surface area contributed by atoms with Crippen LogP contribution in [0.15, 0.2) is 47.4 Å². The summed E-state index contributed by atoms with van der Waals surface area (Å²) in [4.78, 5) is 24.2. The zero-order chi connectivity index (χ0) is 18.1. The molecule has 26 heavy (non-hydrogen) atoms. The number of methoxy groups -OCH3 is 1. The van der Waals surface area contributed by atoms with Gasteiger partial charge in [-0.2, -0.15) is 0 Å². The van der Waals surface area contributed by atoms with Gasteiger partial charge >= 0.3 is 0 Å². The first kappa shape index (κ1) is 16.7. The summed E-state index contributed by atoms with van der Waals surface area (Å²) in [6.07, 6.45) is 3.63. The number of nitrogens with zero attached hydrogens (tertiary/aromatic N) is 4. The summed E-state index contributed by atoms with van der Waals surface area (Å²) < 4.78 is 7.26. The Morgan fingerprint density at radius 3 is 2.92 bits per heavy atom. The summed E-state index contributed by atoms with van der Waals surface area (Å²) in [6.45, 7) is 0.488. The fraction of sp³-hybridized carbons (Fsp3) is 0.167. The molecule has 4 rings (SSSR count). The minimum Gasteiger partial charge on any atom is -0.496 e. The van der Waals surface area contributed by atoms with E-state index in [2.05, 4.69) is 9.97 Å². The average Bonchev–Trinajstić information content (AvgIpc) is 3.38. The molecule has 0 N–H and O–H groups in total. The largest absolute Gasteiger partial charge is 0.496 e. The van der Waals surface area contributed by atoms with Crippen LogP contribution in [-0.2, 0) is 6.54 Å². The number of fused-ring (bicyclic) bond motifs is 1. The third kappa shape index (κ3) is 2.97. The summed E-state index contributed by atoms with van der Waals surface area (Å²) in [5.74, 6) is 0.697. The number of hydrogen-bond donors (Lipinski definition) is 0. The highest BCUT2D eigenvalue weighted by Crippen LogP contribution is 2.30. The molecular weight excluding hydrogens is 368 g/mol. The van der Waals surface area contributed by atoms with E-state index in [0.717, 1.165) is 27.0 Å². The Kier molecular flexibility index (Phi) is 4.44. The van der Waals surface area contributed by atoms with Gasteiger partial charge in [-0.25, -0.2) is 9.97 Å². The number of benzene rings is 1.